The highest BCUT2D eigenvalue weighted by molar-refractivity contribution is 8.15. The van der Waals surface area contributed by atoms with E-state index in [1.54, 1.807) is 0 Å². The van der Waals surface area contributed by atoms with Gasteiger partial charge in [0, 0.05) is 28.0 Å². The summed E-state index contributed by atoms with van der Waals surface area (Å²) in [6, 6.07) is 36.6. The lowest BCUT2D eigenvalue weighted by molar-refractivity contribution is 0.605. The summed E-state index contributed by atoms with van der Waals surface area (Å²) >= 11 is 3.73. The van der Waals surface area contributed by atoms with E-state index < -0.39 is 0 Å². The van der Waals surface area contributed by atoms with Crippen LogP contribution in [-0.4, -0.2) is 32.7 Å². The zero-order valence-electron chi connectivity index (χ0n) is 26.9. The Hall–Kier alpha value is -3.60. The van der Waals surface area contributed by atoms with Crippen molar-refractivity contribution < 1.29 is 0 Å². The highest BCUT2D eigenvalue weighted by Crippen LogP contribution is 2.54. The molecule has 2 aliphatic heterocycles. The van der Waals surface area contributed by atoms with Crippen molar-refractivity contribution in [1.82, 2.24) is 0 Å². The summed E-state index contributed by atoms with van der Waals surface area (Å²) in [5.41, 5.74) is 12.9. The van der Waals surface area contributed by atoms with Crippen LogP contribution in [0.5, 0.6) is 0 Å². The lowest BCUT2D eigenvalue weighted by Gasteiger charge is -2.23. The van der Waals surface area contributed by atoms with Crippen molar-refractivity contribution >= 4 is 44.4 Å². The van der Waals surface area contributed by atoms with Crippen LogP contribution < -0.4 is 0 Å². The predicted molar refractivity (Wildman–Crippen MR) is 199 cm³/mol. The third kappa shape index (κ3) is 4.89. The minimum atomic E-state index is -0.124. The van der Waals surface area contributed by atoms with Gasteiger partial charge < -0.3 is 0 Å². The first-order chi connectivity index (χ1) is 21.5. The van der Waals surface area contributed by atoms with Crippen LogP contribution in [0.3, 0.4) is 0 Å². The number of hydrogen-bond acceptors (Lipinski definition) is 4. The number of benzene rings is 5. The molecule has 8 rings (SSSR count). The molecule has 5 aromatic rings. The zero-order valence-corrected chi connectivity index (χ0v) is 28.5. The van der Waals surface area contributed by atoms with Gasteiger partial charge in [0.05, 0.1) is 21.2 Å². The van der Waals surface area contributed by atoms with Crippen molar-refractivity contribution in [2.45, 2.75) is 58.0 Å². The third-order valence-electron chi connectivity index (χ3n) is 9.52. The quantitative estimate of drug-likeness (QED) is 0.199. The number of thioether (sulfide) groups is 2. The molecular formula is C41H38N2S2. The van der Waals surface area contributed by atoms with Crippen molar-refractivity contribution in [2.24, 2.45) is 9.98 Å². The van der Waals surface area contributed by atoms with Crippen molar-refractivity contribution in [2.75, 3.05) is 11.5 Å². The molecule has 0 saturated carbocycles. The van der Waals surface area contributed by atoms with E-state index >= 15 is 0 Å². The maximum Gasteiger partial charge on any atom is 0.0984 e. The summed E-state index contributed by atoms with van der Waals surface area (Å²) in [6.45, 7) is 13.6. The lowest BCUT2D eigenvalue weighted by Crippen LogP contribution is -2.15. The molecule has 0 atom stereocenters. The molecule has 2 heterocycles. The van der Waals surface area contributed by atoms with Crippen LogP contribution in [0.15, 0.2) is 107 Å². The van der Waals surface area contributed by atoms with Gasteiger partial charge >= 0.3 is 0 Å². The van der Waals surface area contributed by atoms with Crippen LogP contribution in [0, 0.1) is 0 Å². The fourth-order valence-corrected chi connectivity index (χ4v) is 9.40. The van der Waals surface area contributed by atoms with Gasteiger partial charge in [-0.05, 0) is 95.1 Å². The third-order valence-corrected chi connectivity index (χ3v) is 12.4. The molecule has 1 aliphatic carbocycles. The molecule has 45 heavy (non-hydrogen) atoms. The van der Waals surface area contributed by atoms with E-state index in [0.29, 0.717) is 0 Å². The predicted octanol–water partition coefficient (Wildman–Crippen LogP) is 11.0. The van der Waals surface area contributed by atoms with E-state index in [4.69, 9.17) is 9.98 Å². The SMILES string of the molecule is CC1(C)CSC(c2ccc(-c3ccc4c(c3)C(C)(C)c3cc(-c5ccc(C6=NC(C)(C)CS6)cc5)c5ccccc5c3-4)cc2)=N1. The second-order valence-electron chi connectivity index (χ2n) is 14.5. The first-order valence-corrected chi connectivity index (χ1v) is 17.8. The Morgan fingerprint density at radius 2 is 1.00 bits per heavy atom. The fraction of sp³-hybridized carbons (Fsp3) is 0.268. The molecule has 0 aromatic heterocycles. The van der Waals surface area contributed by atoms with E-state index in [1.807, 2.05) is 23.5 Å². The van der Waals surface area contributed by atoms with Gasteiger partial charge in [-0.2, -0.15) is 0 Å². The molecule has 3 aliphatic rings. The van der Waals surface area contributed by atoms with Gasteiger partial charge in [0.25, 0.3) is 0 Å². The number of nitrogens with zero attached hydrogens (tertiary/aromatic N) is 2. The minimum Gasteiger partial charge on any atom is -0.271 e. The second-order valence-corrected chi connectivity index (χ2v) is 16.4. The average Bonchev–Trinajstić information content (AvgIpc) is 3.67. The normalized spacial score (nSPS) is 18.9. The van der Waals surface area contributed by atoms with Crippen LogP contribution in [0.4, 0.5) is 0 Å². The fourth-order valence-electron chi connectivity index (χ4n) is 7.06. The topological polar surface area (TPSA) is 24.7 Å². The van der Waals surface area contributed by atoms with Gasteiger partial charge in [-0.25, -0.2) is 0 Å². The average molecular weight is 623 g/mol. The van der Waals surface area contributed by atoms with Crippen molar-refractivity contribution in [3.63, 3.8) is 0 Å². The van der Waals surface area contributed by atoms with Gasteiger partial charge in [0.2, 0.25) is 0 Å². The Morgan fingerprint density at radius 3 is 1.56 bits per heavy atom. The van der Waals surface area contributed by atoms with Crippen molar-refractivity contribution in [3.05, 3.63) is 119 Å². The zero-order chi connectivity index (χ0) is 31.1. The van der Waals surface area contributed by atoms with E-state index in [2.05, 4.69) is 139 Å². The molecule has 0 spiro atoms. The number of aliphatic imine (C=N–C) groups is 2. The number of fused-ring (bicyclic) bond motifs is 5. The maximum absolute atomic E-state index is 4.96. The Kier molecular flexibility index (Phi) is 6.54. The summed E-state index contributed by atoms with van der Waals surface area (Å²) in [5, 5.41) is 4.94. The van der Waals surface area contributed by atoms with Gasteiger partial charge in [0.15, 0.2) is 0 Å². The van der Waals surface area contributed by atoms with Gasteiger partial charge in [-0.1, -0.05) is 98.8 Å². The smallest absolute Gasteiger partial charge is 0.0984 e. The highest BCUT2D eigenvalue weighted by Gasteiger charge is 2.37. The van der Waals surface area contributed by atoms with Crippen molar-refractivity contribution in [1.29, 1.82) is 0 Å². The molecule has 224 valence electrons. The Labute approximate surface area is 275 Å². The minimum absolute atomic E-state index is 0.0140. The van der Waals surface area contributed by atoms with Crippen LogP contribution >= 0.6 is 23.5 Å². The van der Waals surface area contributed by atoms with E-state index in [9.17, 15) is 0 Å². The second kappa shape index (κ2) is 10.2. The summed E-state index contributed by atoms with van der Waals surface area (Å²) < 4.78 is 0. The number of rotatable bonds is 4. The summed E-state index contributed by atoms with van der Waals surface area (Å²) in [6.07, 6.45) is 0. The lowest BCUT2D eigenvalue weighted by atomic mass is 9.80. The van der Waals surface area contributed by atoms with E-state index in [0.717, 1.165) is 21.6 Å². The standard InChI is InChI=1S/C41H38N2S2/c1-39(2)23-44-37(42-39)27-15-11-25(12-16-27)29-19-20-32-34(21-29)41(5,6)35-22-33(30-9-7-8-10-31(30)36(32)35)26-13-17-28(18-14-26)38-43-40(3,4)24-45-38/h7-22H,23-24H2,1-6H3. The summed E-state index contributed by atoms with van der Waals surface area (Å²) in [4.78, 5) is 9.90. The molecule has 0 N–H and O–H groups in total. The highest BCUT2D eigenvalue weighted by atomic mass is 32.2. The maximum atomic E-state index is 4.96. The molecule has 5 aromatic carbocycles. The molecular weight excluding hydrogens is 585 g/mol. The van der Waals surface area contributed by atoms with Crippen LogP contribution in [0.1, 0.15) is 63.8 Å². The molecule has 0 unspecified atom stereocenters. The Balaban J connectivity index is 1.19. The van der Waals surface area contributed by atoms with Crippen LogP contribution in [0.2, 0.25) is 0 Å². The van der Waals surface area contributed by atoms with Crippen molar-refractivity contribution in [3.8, 4) is 33.4 Å². The first kappa shape index (κ1) is 28.8. The Bertz CT molecular complexity index is 2060. The van der Waals surface area contributed by atoms with E-state index in [-0.39, 0.29) is 16.5 Å². The van der Waals surface area contributed by atoms with Crippen LogP contribution in [0.25, 0.3) is 44.2 Å². The van der Waals surface area contributed by atoms with Gasteiger partial charge in [0.1, 0.15) is 0 Å². The van der Waals surface area contributed by atoms with Gasteiger partial charge in [-0.15, -0.1) is 23.5 Å². The molecule has 0 bridgehead atoms. The molecule has 4 heteroatoms. The Morgan fingerprint density at radius 1 is 0.489 bits per heavy atom. The summed E-state index contributed by atoms with van der Waals surface area (Å²) in [5.74, 6) is 2.08. The molecule has 0 fully saturated rings. The number of hydrogen-bond donors (Lipinski definition) is 0. The monoisotopic (exact) mass is 622 g/mol. The largest absolute Gasteiger partial charge is 0.271 e. The molecule has 0 radical (unpaired) electrons. The van der Waals surface area contributed by atoms with Crippen LogP contribution in [-0.2, 0) is 5.41 Å². The molecule has 0 saturated heterocycles. The summed E-state index contributed by atoms with van der Waals surface area (Å²) in [7, 11) is 0. The molecule has 0 amide bonds. The van der Waals surface area contributed by atoms with E-state index in [1.165, 1.54) is 66.4 Å². The van der Waals surface area contributed by atoms with Gasteiger partial charge in [-0.3, -0.25) is 9.98 Å². The molecule has 2 nitrogen and oxygen atoms in total. The first-order valence-electron chi connectivity index (χ1n) is 15.9.